The van der Waals surface area contributed by atoms with Crippen LogP contribution in [0.3, 0.4) is 0 Å². The molecule has 1 unspecified atom stereocenters. The first-order valence-corrected chi connectivity index (χ1v) is 7.07. The molecule has 4 nitrogen and oxygen atoms in total. The molecule has 3 N–H and O–H groups in total. The SMILES string of the molecule is CCC(C)(C)NC(=O)C(C)OC1CCC(N)CC1. The Bertz CT molecular complexity index is 271. The molecule has 0 aromatic rings. The number of nitrogens with one attached hydrogen (secondary N) is 1. The van der Waals surface area contributed by atoms with E-state index in [4.69, 9.17) is 10.5 Å². The second-order valence-electron chi connectivity index (χ2n) is 6.04. The third kappa shape index (κ3) is 4.94. The van der Waals surface area contributed by atoms with E-state index in [2.05, 4.69) is 12.2 Å². The van der Waals surface area contributed by atoms with Crippen LogP contribution in [0.1, 0.15) is 59.8 Å². The molecule has 1 fully saturated rings. The summed E-state index contributed by atoms with van der Waals surface area (Å²) in [6.45, 7) is 7.94. The topological polar surface area (TPSA) is 64.3 Å². The normalized spacial score (nSPS) is 26.7. The molecule has 1 atom stereocenters. The molecule has 4 heteroatoms. The van der Waals surface area contributed by atoms with Crippen molar-refractivity contribution in [2.24, 2.45) is 5.73 Å². The van der Waals surface area contributed by atoms with Crippen molar-refractivity contribution >= 4 is 5.91 Å². The third-order valence-electron chi connectivity index (χ3n) is 3.83. The largest absolute Gasteiger partial charge is 0.365 e. The van der Waals surface area contributed by atoms with Crippen molar-refractivity contribution in [3.8, 4) is 0 Å². The summed E-state index contributed by atoms with van der Waals surface area (Å²) in [5.41, 5.74) is 5.69. The highest BCUT2D eigenvalue weighted by Gasteiger charge is 2.26. The van der Waals surface area contributed by atoms with Crippen molar-refractivity contribution in [3.63, 3.8) is 0 Å². The van der Waals surface area contributed by atoms with Gasteiger partial charge < -0.3 is 15.8 Å². The monoisotopic (exact) mass is 256 g/mol. The van der Waals surface area contributed by atoms with Gasteiger partial charge in [0.1, 0.15) is 6.10 Å². The molecule has 18 heavy (non-hydrogen) atoms. The number of nitrogens with two attached hydrogens (primary N) is 1. The van der Waals surface area contributed by atoms with E-state index in [0.717, 1.165) is 32.1 Å². The number of carbonyl (C=O) groups is 1. The molecule has 0 heterocycles. The summed E-state index contributed by atoms with van der Waals surface area (Å²) in [5, 5.41) is 3.02. The molecule has 1 aliphatic rings. The Hall–Kier alpha value is -0.610. The molecule has 0 aliphatic heterocycles. The number of rotatable bonds is 5. The highest BCUT2D eigenvalue weighted by Crippen LogP contribution is 2.21. The minimum atomic E-state index is -0.379. The first-order chi connectivity index (χ1) is 8.34. The Morgan fingerprint density at radius 3 is 2.44 bits per heavy atom. The molecule has 0 bridgehead atoms. The lowest BCUT2D eigenvalue weighted by atomic mass is 9.93. The lowest BCUT2D eigenvalue weighted by Gasteiger charge is -2.30. The zero-order chi connectivity index (χ0) is 13.8. The number of hydrogen-bond acceptors (Lipinski definition) is 3. The molecule has 1 amide bonds. The molecule has 0 spiro atoms. The molecule has 106 valence electrons. The Morgan fingerprint density at radius 2 is 1.94 bits per heavy atom. The van der Waals surface area contributed by atoms with Crippen LogP contribution in [-0.4, -0.2) is 29.7 Å². The average Bonchev–Trinajstić information content (AvgIpc) is 2.31. The zero-order valence-electron chi connectivity index (χ0n) is 12.2. The minimum absolute atomic E-state index is 0.0169. The predicted molar refractivity (Wildman–Crippen MR) is 73.3 cm³/mol. The van der Waals surface area contributed by atoms with Gasteiger partial charge in [0, 0.05) is 11.6 Å². The predicted octanol–water partition coefficient (Wildman–Crippen LogP) is 1.97. The van der Waals surface area contributed by atoms with Gasteiger partial charge in [0.15, 0.2) is 0 Å². The molecule has 0 aromatic carbocycles. The smallest absolute Gasteiger partial charge is 0.249 e. The maximum absolute atomic E-state index is 12.0. The van der Waals surface area contributed by atoms with Gasteiger partial charge in [0.25, 0.3) is 0 Å². The van der Waals surface area contributed by atoms with Crippen molar-refractivity contribution in [2.45, 2.75) is 83.6 Å². The summed E-state index contributed by atoms with van der Waals surface area (Å²) in [7, 11) is 0. The van der Waals surface area contributed by atoms with Crippen LogP contribution in [-0.2, 0) is 9.53 Å². The van der Waals surface area contributed by atoms with E-state index in [1.807, 2.05) is 20.8 Å². The van der Waals surface area contributed by atoms with E-state index in [-0.39, 0.29) is 23.7 Å². The maximum Gasteiger partial charge on any atom is 0.249 e. The van der Waals surface area contributed by atoms with Crippen LogP contribution in [0.4, 0.5) is 0 Å². The van der Waals surface area contributed by atoms with Crippen LogP contribution >= 0.6 is 0 Å². The van der Waals surface area contributed by atoms with Crippen molar-refractivity contribution < 1.29 is 9.53 Å². The van der Waals surface area contributed by atoms with Crippen molar-refractivity contribution in [3.05, 3.63) is 0 Å². The molecule has 1 rings (SSSR count). The van der Waals surface area contributed by atoms with E-state index in [1.165, 1.54) is 0 Å². The Kier molecular flexibility index (Phi) is 5.60. The lowest BCUT2D eigenvalue weighted by Crippen LogP contribution is -2.48. The molecule has 0 aromatic heterocycles. The van der Waals surface area contributed by atoms with Crippen molar-refractivity contribution in [2.75, 3.05) is 0 Å². The fourth-order valence-corrected chi connectivity index (χ4v) is 2.10. The van der Waals surface area contributed by atoms with E-state index >= 15 is 0 Å². The Labute approximate surface area is 111 Å². The van der Waals surface area contributed by atoms with Gasteiger partial charge in [-0.15, -0.1) is 0 Å². The zero-order valence-corrected chi connectivity index (χ0v) is 12.2. The van der Waals surface area contributed by atoms with Crippen LogP contribution in [0.15, 0.2) is 0 Å². The number of ether oxygens (including phenoxy) is 1. The summed E-state index contributed by atoms with van der Waals surface area (Å²) in [4.78, 5) is 12.0. The van der Waals surface area contributed by atoms with E-state index in [0.29, 0.717) is 6.04 Å². The van der Waals surface area contributed by atoms with Gasteiger partial charge in [-0.05, 0) is 52.9 Å². The number of carbonyl (C=O) groups excluding carboxylic acids is 1. The van der Waals surface area contributed by atoms with Gasteiger partial charge in [0.05, 0.1) is 6.10 Å². The lowest BCUT2D eigenvalue weighted by molar-refractivity contribution is -0.138. The van der Waals surface area contributed by atoms with E-state index in [1.54, 1.807) is 0 Å². The summed E-state index contributed by atoms with van der Waals surface area (Å²) >= 11 is 0. The maximum atomic E-state index is 12.0. The summed E-state index contributed by atoms with van der Waals surface area (Å²) in [6, 6.07) is 0.313. The van der Waals surface area contributed by atoms with Gasteiger partial charge >= 0.3 is 0 Å². The number of hydrogen-bond donors (Lipinski definition) is 2. The summed E-state index contributed by atoms with van der Waals surface area (Å²) in [5.74, 6) is -0.0169. The highest BCUT2D eigenvalue weighted by molar-refractivity contribution is 5.81. The molecular formula is C14H28N2O2. The van der Waals surface area contributed by atoms with E-state index < -0.39 is 0 Å². The quantitative estimate of drug-likeness (QED) is 0.790. The van der Waals surface area contributed by atoms with Crippen LogP contribution < -0.4 is 11.1 Å². The second-order valence-corrected chi connectivity index (χ2v) is 6.04. The Balaban J connectivity index is 2.36. The molecule has 0 saturated heterocycles. The first kappa shape index (κ1) is 15.4. The van der Waals surface area contributed by atoms with Gasteiger partial charge in [-0.3, -0.25) is 4.79 Å². The Morgan fingerprint density at radius 1 is 1.39 bits per heavy atom. The van der Waals surface area contributed by atoms with E-state index in [9.17, 15) is 4.79 Å². The summed E-state index contributed by atoms with van der Waals surface area (Å²) < 4.78 is 5.82. The summed E-state index contributed by atoms with van der Waals surface area (Å²) in [6.07, 6.45) is 4.65. The highest BCUT2D eigenvalue weighted by atomic mass is 16.5. The minimum Gasteiger partial charge on any atom is -0.365 e. The molecule has 1 saturated carbocycles. The molecular weight excluding hydrogens is 228 g/mol. The van der Waals surface area contributed by atoms with Crippen LogP contribution in [0.5, 0.6) is 0 Å². The van der Waals surface area contributed by atoms with Crippen LogP contribution in [0, 0.1) is 0 Å². The molecule has 1 aliphatic carbocycles. The average molecular weight is 256 g/mol. The standard InChI is InChI=1S/C14H28N2O2/c1-5-14(3,4)16-13(17)10(2)18-12-8-6-11(15)7-9-12/h10-12H,5-9,15H2,1-4H3,(H,16,17). The van der Waals surface area contributed by atoms with Crippen LogP contribution in [0.25, 0.3) is 0 Å². The second kappa shape index (κ2) is 6.53. The van der Waals surface area contributed by atoms with Crippen LogP contribution in [0.2, 0.25) is 0 Å². The van der Waals surface area contributed by atoms with Gasteiger partial charge in [-0.1, -0.05) is 6.92 Å². The fraction of sp³-hybridized carbons (Fsp3) is 0.929. The fourth-order valence-electron chi connectivity index (χ4n) is 2.10. The first-order valence-electron chi connectivity index (χ1n) is 7.07. The third-order valence-corrected chi connectivity index (χ3v) is 3.83. The van der Waals surface area contributed by atoms with Crippen molar-refractivity contribution in [1.29, 1.82) is 0 Å². The van der Waals surface area contributed by atoms with Gasteiger partial charge in [-0.25, -0.2) is 0 Å². The number of amides is 1. The van der Waals surface area contributed by atoms with Crippen molar-refractivity contribution in [1.82, 2.24) is 5.32 Å². The van der Waals surface area contributed by atoms with Gasteiger partial charge in [-0.2, -0.15) is 0 Å². The molecule has 0 radical (unpaired) electrons. The van der Waals surface area contributed by atoms with Gasteiger partial charge in [0.2, 0.25) is 5.91 Å².